The number of nitrogens with zero attached hydrogens (tertiary/aromatic N) is 3. The van der Waals surface area contributed by atoms with Crippen molar-refractivity contribution in [1.29, 1.82) is 0 Å². The molecule has 1 aromatic carbocycles. The van der Waals surface area contributed by atoms with Crippen LogP contribution in [-0.2, 0) is 4.74 Å². The molecule has 0 spiro atoms. The summed E-state index contributed by atoms with van der Waals surface area (Å²) in [5.41, 5.74) is 0.805. The highest BCUT2D eigenvalue weighted by Crippen LogP contribution is 2.30. The van der Waals surface area contributed by atoms with E-state index in [1.165, 1.54) is 0 Å². The molecule has 130 valence electrons. The van der Waals surface area contributed by atoms with E-state index in [1.54, 1.807) is 0 Å². The van der Waals surface area contributed by atoms with Gasteiger partial charge >= 0.3 is 0 Å². The van der Waals surface area contributed by atoms with Crippen LogP contribution < -0.4 is 10.1 Å². The largest absolute Gasteiger partial charge is 0.490 e. The first-order chi connectivity index (χ1) is 11.8. The number of rotatable bonds is 7. The molecule has 2 aromatic rings. The number of likely N-dealkylation sites (N-methyl/N-ethyl adjacent to an activating group) is 1. The van der Waals surface area contributed by atoms with Gasteiger partial charge in [-0.2, -0.15) is 4.98 Å². The molecule has 1 fully saturated rings. The van der Waals surface area contributed by atoms with Gasteiger partial charge in [0.2, 0.25) is 0 Å². The van der Waals surface area contributed by atoms with E-state index in [0.717, 1.165) is 30.9 Å². The van der Waals surface area contributed by atoms with E-state index in [9.17, 15) is 0 Å². The predicted molar refractivity (Wildman–Crippen MR) is 90.0 cm³/mol. The predicted octanol–water partition coefficient (Wildman–Crippen LogP) is 1.73. The molecule has 1 aromatic heterocycles. The Labute approximate surface area is 141 Å². The minimum Gasteiger partial charge on any atom is -0.490 e. The molecule has 1 atom stereocenters. The number of ether oxygens (including phenoxy) is 2. The summed E-state index contributed by atoms with van der Waals surface area (Å²) in [7, 11) is 2.08. The average Bonchev–Trinajstić information content (AvgIpc) is 3.09. The van der Waals surface area contributed by atoms with Crippen LogP contribution in [0.5, 0.6) is 5.75 Å². The summed E-state index contributed by atoms with van der Waals surface area (Å²) in [6, 6.07) is 7.82. The van der Waals surface area contributed by atoms with Crippen molar-refractivity contribution in [3.63, 3.8) is 0 Å². The lowest BCUT2D eigenvalue weighted by Gasteiger charge is -2.30. The fourth-order valence-corrected chi connectivity index (χ4v) is 2.70. The highest BCUT2D eigenvalue weighted by Gasteiger charge is 2.26. The van der Waals surface area contributed by atoms with E-state index < -0.39 is 0 Å². The number of nitrogens with one attached hydrogen (secondary N) is 1. The molecule has 1 saturated heterocycles. The first-order valence-corrected chi connectivity index (χ1v) is 8.34. The van der Waals surface area contributed by atoms with Crippen molar-refractivity contribution in [2.24, 2.45) is 0 Å². The van der Waals surface area contributed by atoms with Crippen molar-refractivity contribution >= 4 is 0 Å². The quantitative estimate of drug-likeness (QED) is 0.774. The van der Waals surface area contributed by atoms with Crippen molar-refractivity contribution < 1.29 is 14.0 Å². The maximum Gasteiger partial charge on any atom is 0.261 e. The first kappa shape index (κ1) is 16.9. The van der Waals surface area contributed by atoms with Crippen LogP contribution in [0.2, 0.25) is 0 Å². The Balaban J connectivity index is 1.75. The Kier molecular flexibility index (Phi) is 5.79. The van der Waals surface area contributed by atoms with Gasteiger partial charge in [0.15, 0.2) is 5.82 Å². The van der Waals surface area contributed by atoms with Gasteiger partial charge in [0, 0.05) is 26.2 Å². The Morgan fingerprint density at radius 2 is 2.21 bits per heavy atom. The number of benzene rings is 1. The van der Waals surface area contributed by atoms with Crippen LogP contribution in [0.3, 0.4) is 0 Å². The number of para-hydroxylation sites is 1. The lowest BCUT2D eigenvalue weighted by molar-refractivity contribution is 0.110. The second kappa shape index (κ2) is 8.23. The van der Waals surface area contributed by atoms with E-state index in [-0.39, 0.29) is 6.04 Å². The van der Waals surface area contributed by atoms with Crippen LogP contribution in [0.1, 0.15) is 18.8 Å². The van der Waals surface area contributed by atoms with Gasteiger partial charge in [-0.3, -0.25) is 4.90 Å². The van der Waals surface area contributed by atoms with Gasteiger partial charge in [0.25, 0.3) is 5.89 Å². The van der Waals surface area contributed by atoms with Crippen molar-refractivity contribution in [1.82, 2.24) is 20.4 Å². The van der Waals surface area contributed by atoms with Gasteiger partial charge in [-0.25, -0.2) is 0 Å². The van der Waals surface area contributed by atoms with Gasteiger partial charge in [-0.15, -0.1) is 0 Å². The summed E-state index contributed by atoms with van der Waals surface area (Å²) in [4.78, 5) is 6.82. The Hall–Kier alpha value is -1.96. The fourth-order valence-electron chi connectivity index (χ4n) is 2.70. The summed E-state index contributed by atoms with van der Waals surface area (Å²) in [5, 5.41) is 7.53. The van der Waals surface area contributed by atoms with Crippen molar-refractivity contribution in [3.8, 4) is 17.2 Å². The molecule has 1 unspecified atom stereocenters. The van der Waals surface area contributed by atoms with Gasteiger partial charge in [-0.1, -0.05) is 17.3 Å². The smallest absolute Gasteiger partial charge is 0.261 e. The fraction of sp³-hybridized carbons (Fsp3) is 0.529. The third-order valence-corrected chi connectivity index (χ3v) is 4.06. The topological polar surface area (TPSA) is 72.7 Å². The van der Waals surface area contributed by atoms with Crippen molar-refractivity contribution in [2.75, 3.05) is 46.5 Å². The summed E-state index contributed by atoms with van der Waals surface area (Å²) < 4.78 is 16.6. The summed E-state index contributed by atoms with van der Waals surface area (Å²) in [5.74, 6) is 1.90. The molecule has 24 heavy (non-hydrogen) atoms. The number of hydrogen-bond donors (Lipinski definition) is 1. The molecule has 0 radical (unpaired) electrons. The molecule has 1 aliphatic rings. The summed E-state index contributed by atoms with van der Waals surface area (Å²) >= 11 is 0. The van der Waals surface area contributed by atoms with E-state index >= 15 is 0 Å². The minimum atomic E-state index is 0.127. The molecule has 1 N–H and O–H groups in total. The van der Waals surface area contributed by atoms with E-state index in [1.807, 2.05) is 31.2 Å². The average molecular weight is 332 g/mol. The maximum absolute atomic E-state index is 5.79. The molecule has 3 rings (SSSR count). The normalized spacial score (nSPS) is 18.7. The standard InChI is InChI=1S/C17H24N4O3/c1-3-22-10-11-23-15-7-5-4-6-13(15)17-19-16(20-24-17)14-12-18-8-9-21(14)2/h4-7,14,18H,3,8-12H2,1-2H3. The molecule has 0 amide bonds. The SMILES string of the molecule is CCOCCOc1ccccc1-c1nc(C2CNCCN2C)no1. The summed E-state index contributed by atoms with van der Waals surface area (Å²) in [6.45, 7) is 6.45. The van der Waals surface area contributed by atoms with Crippen LogP contribution in [0.15, 0.2) is 28.8 Å². The highest BCUT2D eigenvalue weighted by atomic mass is 16.5. The number of piperazine rings is 1. The molecule has 7 nitrogen and oxygen atoms in total. The van der Waals surface area contributed by atoms with Crippen molar-refractivity contribution in [3.05, 3.63) is 30.1 Å². The van der Waals surface area contributed by atoms with Crippen LogP contribution in [0, 0.1) is 0 Å². The third kappa shape index (κ3) is 3.92. The van der Waals surface area contributed by atoms with Crippen LogP contribution in [-0.4, -0.2) is 61.5 Å². The van der Waals surface area contributed by atoms with Crippen LogP contribution in [0.4, 0.5) is 0 Å². The van der Waals surface area contributed by atoms with E-state index in [4.69, 9.17) is 14.0 Å². The van der Waals surface area contributed by atoms with Crippen molar-refractivity contribution in [2.45, 2.75) is 13.0 Å². The molecule has 0 bridgehead atoms. The molecule has 7 heteroatoms. The Morgan fingerprint density at radius 3 is 3.04 bits per heavy atom. The molecule has 1 aliphatic heterocycles. The second-order valence-corrected chi connectivity index (χ2v) is 5.70. The minimum absolute atomic E-state index is 0.127. The monoisotopic (exact) mass is 332 g/mol. The van der Waals surface area contributed by atoms with Gasteiger partial charge in [0.05, 0.1) is 18.2 Å². The molecule has 0 aliphatic carbocycles. The molecular weight excluding hydrogens is 308 g/mol. The number of aromatic nitrogens is 2. The Morgan fingerprint density at radius 1 is 1.33 bits per heavy atom. The lowest BCUT2D eigenvalue weighted by Crippen LogP contribution is -2.44. The van der Waals surface area contributed by atoms with Crippen LogP contribution in [0.25, 0.3) is 11.5 Å². The second-order valence-electron chi connectivity index (χ2n) is 5.70. The Bertz CT molecular complexity index is 646. The molecule has 0 saturated carbocycles. The molecule has 2 heterocycles. The highest BCUT2D eigenvalue weighted by molar-refractivity contribution is 5.62. The van der Waals surface area contributed by atoms with E-state index in [2.05, 4.69) is 27.4 Å². The van der Waals surface area contributed by atoms with E-state index in [0.29, 0.717) is 31.5 Å². The zero-order chi connectivity index (χ0) is 16.8. The zero-order valence-electron chi connectivity index (χ0n) is 14.2. The maximum atomic E-state index is 5.79. The number of hydrogen-bond acceptors (Lipinski definition) is 7. The first-order valence-electron chi connectivity index (χ1n) is 8.34. The zero-order valence-corrected chi connectivity index (χ0v) is 14.2. The molecular formula is C17H24N4O3. The van der Waals surface area contributed by atoms with Gasteiger partial charge < -0.3 is 19.3 Å². The third-order valence-electron chi connectivity index (χ3n) is 4.06. The van der Waals surface area contributed by atoms with Gasteiger partial charge in [-0.05, 0) is 26.1 Å². The van der Waals surface area contributed by atoms with Gasteiger partial charge in [0.1, 0.15) is 12.4 Å². The lowest BCUT2D eigenvalue weighted by atomic mass is 10.2. The van der Waals surface area contributed by atoms with Crippen LogP contribution >= 0.6 is 0 Å². The summed E-state index contributed by atoms with van der Waals surface area (Å²) in [6.07, 6.45) is 0.